The number of esters is 1. The summed E-state index contributed by atoms with van der Waals surface area (Å²) in [4.78, 5) is 35.3. The number of nitro benzene ring substituents is 1. The zero-order chi connectivity index (χ0) is 19.9. The number of carbonyl (C=O) groups excluding carboxylic acids is 2. The van der Waals surface area contributed by atoms with Crippen molar-refractivity contribution >= 4 is 28.7 Å². The van der Waals surface area contributed by atoms with Crippen LogP contribution in [0, 0.1) is 10.1 Å². The zero-order valence-corrected chi connectivity index (χ0v) is 15.5. The van der Waals surface area contributed by atoms with Crippen molar-refractivity contribution in [2.45, 2.75) is 52.7 Å². The number of carbonyl (C=O) groups is 2. The lowest BCUT2D eigenvalue weighted by molar-refractivity contribution is -0.384. The third-order valence-corrected chi connectivity index (χ3v) is 3.03. The highest BCUT2D eigenvalue weighted by Crippen LogP contribution is 2.26. The first-order valence-corrected chi connectivity index (χ1v) is 7.92. The molecule has 0 aliphatic rings. The van der Waals surface area contributed by atoms with Crippen molar-refractivity contribution < 1.29 is 24.0 Å². The number of fused-ring (bicyclic) bond motifs is 1. The fourth-order valence-electron chi connectivity index (χ4n) is 2.14. The maximum atomic E-state index is 12.5. The van der Waals surface area contributed by atoms with E-state index < -0.39 is 28.2 Å². The summed E-state index contributed by atoms with van der Waals surface area (Å²) in [6.45, 7) is 10.1. The van der Waals surface area contributed by atoms with Crippen LogP contribution in [-0.4, -0.2) is 38.0 Å². The number of nitro groups is 1. The summed E-state index contributed by atoms with van der Waals surface area (Å²) in [7, 11) is 0. The number of non-ortho nitro benzene ring substituents is 1. The van der Waals surface area contributed by atoms with Gasteiger partial charge in [0.15, 0.2) is 5.69 Å². The largest absolute Gasteiger partial charge is 0.455 e. The Hall–Kier alpha value is -2.97. The summed E-state index contributed by atoms with van der Waals surface area (Å²) in [5.74, 6) is -0.787. The molecule has 140 valence electrons. The van der Waals surface area contributed by atoms with Gasteiger partial charge in [-0.2, -0.15) is 9.78 Å². The molecule has 2 aromatic rings. The van der Waals surface area contributed by atoms with Gasteiger partial charge in [-0.1, -0.05) is 0 Å². The number of ether oxygens (including phenoxy) is 2. The molecule has 2 rings (SSSR count). The molecule has 26 heavy (non-hydrogen) atoms. The summed E-state index contributed by atoms with van der Waals surface area (Å²) in [5.41, 5.74) is -1.77. The molecular weight excluding hydrogens is 342 g/mol. The van der Waals surface area contributed by atoms with E-state index in [4.69, 9.17) is 9.47 Å². The highest BCUT2D eigenvalue weighted by atomic mass is 16.6. The third kappa shape index (κ3) is 4.35. The van der Waals surface area contributed by atoms with Crippen LogP contribution in [0.1, 0.15) is 52.0 Å². The number of aromatic nitrogens is 2. The van der Waals surface area contributed by atoms with Gasteiger partial charge in [0, 0.05) is 17.5 Å². The lowest BCUT2D eigenvalue weighted by atomic mass is 10.1. The topological polar surface area (TPSA) is 114 Å². The molecule has 1 heterocycles. The van der Waals surface area contributed by atoms with Crippen molar-refractivity contribution in [3.05, 3.63) is 34.0 Å². The van der Waals surface area contributed by atoms with E-state index in [2.05, 4.69) is 5.10 Å². The van der Waals surface area contributed by atoms with Crippen molar-refractivity contribution in [2.75, 3.05) is 0 Å². The van der Waals surface area contributed by atoms with E-state index in [-0.39, 0.29) is 22.3 Å². The Morgan fingerprint density at radius 1 is 1.08 bits per heavy atom. The van der Waals surface area contributed by atoms with Crippen LogP contribution in [0.4, 0.5) is 10.5 Å². The molecule has 1 aromatic carbocycles. The van der Waals surface area contributed by atoms with Gasteiger partial charge >= 0.3 is 12.1 Å². The minimum absolute atomic E-state index is 0.138. The van der Waals surface area contributed by atoms with Gasteiger partial charge in [0.1, 0.15) is 11.2 Å². The van der Waals surface area contributed by atoms with Gasteiger partial charge in [-0.15, -0.1) is 0 Å². The molecule has 0 bridgehead atoms. The van der Waals surface area contributed by atoms with Crippen LogP contribution >= 0.6 is 0 Å². The van der Waals surface area contributed by atoms with Crippen molar-refractivity contribution in [1.82, 2.24) is 9.78 Å². The molecule has 0 N–H and O–H groups in total. The molecule has 9 heteroatoms. The normalized spacial score (nSPS) is 12.1. The molecule has 0 unspecified atom stereocenters. The van der Waals surface area contributed by atoms with Gasteiger partial charge < -0.3 is 9.47 Å². The van der Waals surface area contributed by atoms with Crippen molar-refractivity contribution in [2.24, 2.45) is 0 Å². The number of hydrogen-bond donors (Lipinski definition) is 0. The lowest BCUT2D eigenvalue weighted by Gasteiger charge is -2.19. The minimum Gasteiger partial charge on any atom is -0.455 e. The molecule has 0 saturated heterocycles. The van der Waals surface area contributed by atoms with E-state index in [0.29, 0.717) is 0 Å². The third-order valence-electron chi connectivity index (χ3n) is 3.03. The van der Waals surface area contributed by atoms with E-state index in [1.54, 1.807) is 41.5 Å². The highest BCUT2D eigenvalue weighted by Gasteiger charge is 2.28. The van der Waals surface area contributed by atoms with Crippen LogP contribution in [0.15, 0.2) is 18.2 Å². The molecule has 1 aromatic heterocycles. The van der Waals surface area contributed by atoms with E-state index in [1.165, 1.54) is 18.2 Å². The van der Waals surface area contributed by atoms with E-state index >= 15 is 0 Å². The molecule has 0 spiro atoms. The fraction of sp³-hybridized carbons (Fsp3) is 0.471. The highest BCUT2D eigenvalue weighted by molar-refractivity contribution is 6.05. The number of benzene rings is 1. The first-order chi connectivity index (χ1) is 11.8. The SMILES string of the molecule is CC(C)(C)OC(=O)c1nn(C(=O)OC(C)(C)C)c2ccc([N+](=O)[O-])cc12. The second-order valence-corrected chi connectivity index (χ2v) is 7.70. The van der Waals surface area contributed by atoms with Crippen molar-refractivity contribution in [3.8, 4) is 0 Å². The van der Waals surface area contributed by atoms with Gasteiger partial charge in [-0.25, -0.2) is 9.59 Å². The Kier molecular flexibility index (Phi) is 4.76. The smallest absolute Gasteiger partial charge is 0.435 e. The number of nitrogens with zero attached hydrogens (tertiary/aromatic N) is 3. The van der Waals surface area contributed by atoms with Crippen LogP contribution in [0.3, 0.4) is 0 Å². The second kappa shape index (κ2) is 6.40. The molecule has 9 nitrogen and oxygen atoms in total. The fourth-order valence-corrected chi connectivity index (χ4v) is 2.14. The van der Waals surface area contributed by atoms with Crippen molar-refractivity contribution in [3.63, 3.8) is 0 Å². The van der Waals surface area contributed by atoms with Gasteiger partial charge in [0.05, 0.1) is 10.4 Å². The number of hydrogen-bond acceptors (Lipinski definition) is 7. The Morgan fingerprint density at radius 3 is 2.15 bits per heavy atom. The maximum Gasteiger partial charge on any atom is 0.435 e. The standard InChI is InChI=1S/C17H21N3O6/c1-16(2,3)25-14(21)13-11-9-10(20(23)24)7-8-12(11)19(18-13)15(22)26-17(4,5)6/h7-9H,1-6H3. The quantitative estimate of drug-likeness (QED) is 0.454. The van der Waals surface area contributed by atoms with E-state index in [0.717, 1.165) is 4.68 Å². The first-order valence-electron chi connectivity index (χ1n) is 7.92. The lowest BCUT2D eigenvalue weighted by Crippen LogP contribution is -2.28. The predicted molar refractivity (Wildman–Crippen MR) is 93.2 cm³/mol. The maximum absolute atomic E-state index is 12.5. The molecule has 0 aliphatic carbocycles. The molecule has 0 fully saturated rings. The van der Waals surface area contributed by atoms with Crippen molar-refractivity contribution in [1.29, 1.82) is 0 Å². The first kappa shape index (κ1) is 19.4. The van der Waals surface area contributed by atoms with Gasteiger partial charge in [-0.05, 0) is 47.6 Å². The Labute approximate surface area is 150 Å². The Bertz CT molecular complexity index is 886. The molecule has 0 saturated carbocycles. The predicted octanol–water partition coefficient (Wildman–Crippen LogP) is 3.68. The van der Waals surface area contributed by atoms with Crippen LogP contribution in [0.2, 0.25) is 0 Å². The van der Waals surface area contributed by atoms with Crippen LogP contribution in [0.25, 0.3) is 10.9 Å². The summed E-state index contributed by atoms with van der Waals surface area (Å²) >= 11 is 0. The average Bonchev–Trinajstić information content (AvgIpc) is 2.82. The summed E-state index contributed by atoms with van der Waals surface area (Å²) < 4.78 is 11.5. The van der Waals surface area contributed by atoms with Gasteiger partial charge in [-0.3, -0.25) is 10.1 Å². The minimum atomic E-state index is -0.800. The van der Waals surface area contributed by atoms with Crippen LogP contribution in [-0.2, 0) is 9.47 Å². The molecule has 0 aliphatic heterocycles. The zero-order valence-electron chi connectivity index (χ0n) is 15.5. The van der Waals surface area contributed by atoms with E-state index in [1.807, 2.05) is 0 Å². The van der Waals surface area contributed by atoms with Gasteiger partial charge in [0.25, 0.3) is 5.69 Å². The summed E-state index contributed by atoms with van der Waals surface area (Å²) in [6, 6.07) is 3.75. The second-order valence-electron chi connectivity index (χ2n) is 7.70. The molecule has 0 amide bonds. The Balaban J connectivity index is 2.62. The summed E-state index contributed by atoms with van der Waals surface area (Å²) in [5, 5.41) is 15.2. The summed E-state index contributed by atoms with van der Waals surface area (Å²) in [6.07, 6.45) is -0.800. The average molecular weight is 363 g/mol. The monoisotopic (exact) mass is 363 g/mol. The van der Waals surface area contributed by atoms with Gasteiger partial charge in [0.2, 0.25) is 0 Å². The molecule has 0 radical (unpaired) electrons. The molecule has 0 atom stereocenters. The van der Waals surface area contributed by atoms with E-state index in [9.17, 15) is 19.7 Å². The number of rotatable bonds is 2. The molecular formula is C17H21N3O6. The van der Waals surface area contributed by atoms with Crippen LogP contribution in [0.5, 0.6) is 0 Å². The van der Waals surface area contributed by atoms with Crippen LogP contribution < -0.4 is 0 Å². The Morgan fingerprint density at radius 2 is 1.65 bits per heavy atom.